The summed E-state index contributed by atoms with van der Waals surface area (Å²) in [7, 11) is 1.73. The minimum absolute atomic E-state index is 0.420. The van der Waals surface area contributed by atoms with Crippen LogP contribution in [0, 0.1) is 0 Å². The third-order valence-corrected chi connectivity index (χ3v) is 7.43. The SMILES string of the molecule is COc1ccc([C@@H]2CN3CCCC3c3cc(OCCCN4CCCCC4)ccc32)cc1. The Labute approximate surface area is 187 Å². The zero-order valence-corrected chi connectivity index (χ0v) is 18.9. The number of fused-ring (bicyclic) bond motifs is 3. The molecule has 0 aromatic heterocycles. The molecule has 3 heterocycles. The molecule has 2 atom stereocenters. The lowest BCUT2D eigenvalue weighted by molar-refractivity contribution is 0.204. The highest BCUT2D eigenvalue weighted by Gasteiger charge is 2.36. The lowest BCUT2D eigenvalue weighted by Gasteiger charge is -2.37. The average molecular weight is 421 g/mol. The summed E-state index contributed by atoms with van der Waals surface area (Å²) in [5.41, 5.74) is 4.34. The molecular weight excluding hydrogens is 384 g/mol. The van der Waals surface area contributed by atoms with Crippen LogP contribution in [-0.4, -0.2) is 56.2 Å². The molecule has 31 heavy (non-hydrogen) atoms. The molecule has 0 bridgehead atoms. The Hall–Kier alpha value is -2.04. The fourth-order valence-electron chi connectivity index (χ4n) is 5.76. The van der Waals surface area contributed by atoms with Crippen LogP contribution >= 0.6 is 0 Å². The van der Waals surface area contributed by atoms with Gasteiger partial charge in [0.2, 0.25) is 0 Å². The second kappa shape index (κ2) is 9.62. The predicted octanol–water partition coefficient (Wildman–Crippen LogP) is 5.23. The first kappa shape index (κ1) is 20.8. The number of rotatable bonds is 7. The van der Waals surface area contributed by atoms with E-state index in [4.69, 9.17) is 9.47 Å². The molecule has 2 aromatic rings. The van der Waals surface area contributed by atoms with E-state index in [0.717, 1.165) is 31.1 Å². The quantitative estimate of drug-likeness (QED) is 0.573. The average Bonchev–Trinajstić information content (AvgIpc) is 3.31. The lowest BCUT2D eigenvalue weighted by Crippen LogP contribution is -2.34. The number of likely N-dealkylation sites (tertiary alicyclic amines) is 1. The summed E-state index contributed by atoms with van der Waals surface area (Å²) in [4.78, 5) is 5.27. The van der Waals surface area contributed by atoms with Gasteiger partial charge in [-0.2, -0.15) is 0 Å². The minimum Gasteiger partial charge on any atom is -0.497 e. The minimum atomic E-state index is 0.420. The lowest BCUT2D eigenvalue weighted by atomic mass is 9.81. The number of methoxy groups -OCH3 is 1. The molecule has 2 aromatic carbocycles. The van der Waals surface area contributed by atoms with Crippen molar-refractivity contribution in [1.82, 2.24) is 9.80 Å². The summed E-state index contributed by atoms with van der Waals surface area (Å²) in [5, 5.41) is 0. The predicted molar refractivity (Wildman–Crippen MR) is 125 cm³/mol. The molecule has 3 aliphatic rings. The van der Waals surface area contributed by atoms with Crippen LogP contribution in [0.4, 0.5) is 0 Å². The van der Waals surface area contributed by atoms with Gasteiger partial charge in [0.15, 0.2) is 0 Å². The Bertz CT molecular complexity index is 860. The molecule has 1 unspecified atom stereocenters. The maximum absolute atomic E-state index is 6.22. The van der Waals surface area contributed by atoms with Gasteiger partial charge in [0, 0.05) is 25.0 Å². The van der Waals surface area contributed by atoms with Gasteiger partial charge in [0.1, 0.15) is 11.5 Å². The van der Waals surface area contributed by atoms with Crippen molar-refractivity contribution in [2.45, 2.75) is 50.5 Å². The first-order valence-electron chi connectivity index (χ1n) is 12.2. The smallest absolute Gasteiger partial charge is 0.119 e. The summed E-state index contributed by atoms with van der Waals surface area (Å²) in [5.74, 6) is 2.38. The van der Waals surface area contributed by atoms with Crippen molar-refractivity contribution < 1.29 is 9.47 Å². The summed E-state index contributed by atoms with van der Waals surface area (Å²) in [6.07, 6.45) is 7.79. The second-order valence-electron chi connectivity index (χ2n) is 9.37. The van der Waals surface area contributed by atoms with Gasteiger partial charge in [-0.3, -0.25) is 4.90 Å². The number of hydrogen-bond acceptors (Lipinski definition) is 4. The molecule has 2 saturated heterocycles. The summed E-state index contributed by atoms with van der Waals surface area (Å²) in [6, 6.07) is 16.1. The Morgan fingerprint density at radius 2 is 1.68 bits per heavy atom. The maximum Gasteiger partial charge on any atom is 0.119 e. The normalized spacial score (nSPS) is 23.9. The molecule has 0 amide bonds. The van der Waals surface area contributed by atoms with Crippen LogP contribution in [0.5, 0.6) is 11.5 Å². The number of nitrogens with zero attached hydrogens (tertiary/aromatic N) is 2. The van der Waals surface area contributed by atoms with E-state index in [1.807, 2.05) is 0 Å². The Balaban J connectivity index is 1.29. The topological polar surface area (TPSA) is 24.9 Å². The molecule has 0 radical (unpaired) electrons. The van der Waals surface area contributed by atoms with E-state index >= 15 is 0 Å². The van der Waals surface area contributed by atoms with Crippen LogP contribution in [0.2, 0.25) is 0 Å². The zero-order chi connectivity index (χ0) is 21.0. The van der Waals surface area contributed by atoms with Gasteiger partial charge < -0.3 is 14.4 Å². The third-order valence-electron chi connectivity index (χ3n) is 7.43. The highest BCUT2D eigenvalue weighted by Crippen LogP contribution is 2.45. The number of hydrogen-bond donors (Lipinski definition) is 0. The van der Waals surface area contributed by atoms with Crippen LogP contribution in [0.3, 0.4) is 0 Å². The van der Waals surface area contributed by atoms with Crippen molar-refractivity contribution in [2.24, 2.45) is 0 Å². The molecule has 0 spiro atoms. The van der Waals surface area contributed by atoms with Crippen LogP contribution in [0.1, 0.15) is 67.2 Å². The molecule has 0 N–H and O–H groups in total. The summed E-state index contributed by atoms with van der Waals surface area (Å²) in [6.45, 7) is 6.83. The van der Waals surface area contributed by atoms with E-state index in [9.17, 15) is 0 Å². The third kappa shape index (κ3) is 4.61. The Morgan fingerprint density at radius 1 is 0.871 bits per heavy atom. The van der Waals surface area contributed by atoms with Crippen molar-refractivity contribution in [1.29, 1.82) is 0 Å². The van der Waals surface area contributed by atoms with Gasteiger partial charge in [0.25, 0.3) is 0 Å². The van der Waals surface area contributed by atoms with Crippen LogP contribution in [0.15, 0.2) is 42.5 Å². The largest absolute Gasteiger partial charge is 0.497 e. The molecule has 0 aliphatic carbocycles. The molecule has 4 heteroatoms. The van der Waals surface area contributed by atoms with Crippen LogP contribution in [-0.2, 0) is 0 Å². The summed E-state index contributed by atoms with van der Waals surface area (Å²) < 4.78 is 11.6. The molecular formula is C27H36N2O2. The summed E-state index contributed by atoms with van der Waals surface area (Å²) >= 11 is 0. The fraction of sp³-hybridized carbons (Fsp3) is 0.556. The molecule has 5 rings (SSSR count). The van der Waals surface area contributed by atoms with Crippen molar-refractivity contribution in [3.8, 4) is 11.5 Å². The van der Waals surface area contributed by atoms with E-state index in [2.05, 4.69) is 52.3 Å². The molecule has 3 aliphatic heterocycles. The van der Waals surface area contributed by atoms with Crippen molar-refractivity contribution in [3.05, 3.63) is 59.2 Å². The second-order valence-corrected chi connectivity index (χ2v) is 9.37. The van der Waals surface area contributed by atoms with Crippen molar-refractivity contribution in [3.63, 3.8) is 0 Å². The number of piperidine rings is 1. The Morgan fingerprint density at radius 3 is 2.48 bits per heavy atom. The molecule has 166 valence electrons. The van der Waals surface area contributed by atoms with Crippen LogP contribution < -0.4 is 9.47 Å². The first-order chi connectivity index (χ1) is 15.3. The van der Waals surface area contributed by atoms with E-state index in [1.165, 1.54) is 75.0 Å². The first-order valence-corrected chi connectivity index (χ1v) is 12.2. The van der Waals surface area contributed by atoms with Gasteiger partial charge >= 0.3 is 0 Å². The highest BCUT2D eigenvalue weighted by atomic mass is 16.5. The maximum atomic E-state index is 6.22. The zero-order valence-electron chi connectivity index (χ0n) is 18.9. The van der Waals surface area contributed by atoms with E-state index < -0.39 is 0 Å². The standard InChI is InChI=1S/C27H36N2O2/c1-30-22-10-8-21(9-11-22)26-20-29-17-5-7-27(29)25-19-23(12-13-24(25)26)31-18-6-16-28-14-3-2-4-15-28/h8-13,19,26-27H,2-7,14-18,20H2,1H3/t26-,27?/m0/s1. The Kier molecular flexibility index (Phi) is 6.47. The van der Waals surface area contributed by atoms with Gasteiger partial charge in [-0.05, 0) is 92.7 Å². The highest BCUT2D eigenvalue weighted by molar-refractivity contribution is 5.47. The number of ether oxygens (including phenoxy) is 2. The van der Waals surface area contributed by atoms with E-state index in [0.29, 0.717) is 12.0 Å². The number of benzene rings is 2. The molecule has 4 nitrogen and oxygen atoms in total. The van der Waals surface area contributed by atoms with Crippen molar-refractivity contribution >= 4 is 0 Å². The van der Waals surface area contributed by atoms with Gasteiger partial charge in [0.05, 0.1) is 13.7 Å². The van der Waals surface area contributed by atoms with Crippen LogP contribution in [0.25, 0.3) is 0 Å². The molecule has 0 saturated carbocycles. The van der Waals surface area contributed by atoms with E-state index in [1.54, 1.807) is 7.11 Å². The van der Waals surface area contributed by atoms with Crippen molar-refractivity contribution in [2.75, 3.05) is 46.4 Å². The van der Waals surface area contributed by atoms with Gasteiger partial charge in [-0.25, -0.2) is 0 Å². The van der Waals surface area contributed by atoms with Gasteiger partial charge in [-0.15, -0.1) is 0 Å². The van der Waals surface area contributed by atoms with Gasteiger partial charge in [-0.1, -0.05) is 24.6 Å². The monoisotopic (exact) mass is 420 g/mol. The van der Waals surface area contributed by atoms with E-state index in [-0.39, 0.29) is 0 Å². The fourth-order valence-corrected chi connectivity index (χ4v) is 5.76. The molecule has 2 fully saturated rings.